The molecule has 10 heavy (non-hydrogen) atoms. The molecule has 0 spiro atoms. The van der Waals surface area contributed by atoms with Gasteiger partial charge in [0.1, 0.15) is 0 Å². The van der Waals surface area contributed by atoms with Crippen molar-refractivity contribution in [3.63, 3.8) is 0 Å². The van der Waals surface area contributed by atoms with Gasteiger partial charge in [0.25, 0.3) is 0 Å². The van der Waals surface area contributed by atoms with Crippen molar-refractivity contribution >= 4 is 0 Å². The Hall–Kier alpha value is -0.340. The molecule has 0 aromatic carbocycles. The molecular formula is C8H16O2. The molecule has 60 valence electrons. The first-order valence-electron chi connectivity index (χ1n) is 3.64. The van der Waals surface area contributed by atoms with E-state index >= 15 is 0 Å². The second kappa shape index (κ2) is 5.45. The maximum atomic E-state index is 9.18. The van der Waals surface area contributed by atoms with Crippen molar-refractivity contribution in [3.05, 3.63) is 12.2 Å². The fraction of sp³-hybridized carbons (Fsp3) is 0.750. The maximum Gasteiger partial charge on any atom is 0.0743 e. The summed E-state index contributed by atoms with van der Waals surface area (Å²) in [7, 11) is 0. The van der Waals surface area contributed by atoms with Gasteiger partial charge in [0.2, 0.25) is 0 Å². The van der Waals surface area contributed by atoms with Gasteiger partial charge in [-0.3, -0.25) is 0 Å². The van der Waals surface area contributed by atoms with Crippen LogP contribution in [0, 0.1) is 5.92 Å². The normalized spacial score (nSPS) is 14.9. The summed E-state index contributed by atoms with van der Waals surface area (Å²) in [6.07, 6.45) is 3.78. The van der Waals surface area contributed by atoms with E-state index in [1.165, 1.54) is 0 Å². The minimum Gasteiger partial charge on any atom is -0.396 e. The summed E-state index contributed by atoms with van der Waals surface area (Å²) in [5.74, 6) is 0.259. The molecule has 0 aliphatic heterocycles. The summed E-state index contributed by atoms with van der Waals surface area (Å²) < 4.78 is 0. The Kier molecular flexibility index (Phi) is 5.26. The highest BCUT2D eigenvalue weighted by atomic mass is 16.3. The second-order valence-electron chi connectivity index (χ2n) is 2.68. The van der Waals surface area contributed by atoms with Crippen molar-refractivity contribution in [2.24, 2.45) is 5.92 Å². The van der Waals surface area contributed by atoms with Gasteiger partial charge in [0.15, 0.2) is 0 Å². The zero-order valence-corrected chi connectivity index (χ0v) is 6.62. The molecule has 1 unspecified atom stereocenters. The smallest absolute Gasteiger partial charge is 0.0743 e. The molecule has 0 radical (unpaired) electrons. The lowest BCUT2D eigenvalue weighted by Gasteiger charge is -2.07. The second-order valence-corrected chi connectivity index (χ2v) is 2.68. The van der Waals surface area contributed by atoms with Crippen LogP contribution in [0.2, 0.25) is 0 Å². The van der Waals surface area contributed by atoms with Gasteiger partial charge >= 0.3 is 0 Å². The molecule has 2 heteroatoms. The van der Waals surface area contributed by atoms with Crippen molar-refractivity contribution in [1.29, 1.82) is 0 Å². The SMILES string of the molecule is CC(C)C(O)C=CCCO. The Morgan fingerprint density at radius 1 is 1.40 bits per heavy atom. The average molecular weight is 144 g/mol. The van der Waals surface area contributed by atoms with E-state index in [2.05, 4.69) is 0 Å². The molecule has 0 aromatic heterocycles. The minimum absolute atomic E-state index is 0.154. The molecule has 0 heterocycles. The Balaban J connectivity index is 3.45. The van der Waals surface area contributed by atoms with Crippen LogP contribution in [0.25, 0.3) is 0 Å². The lowest BCUT2D eigenvalue weighted by molar-refractivity contribution is 0.171. The first-order valence-corrected chi connectivity index (χ1v) is 3.64. The largest absolute Gasteiger partial charge is 0.396 e. The van der Waals surface area contributed by atoms with Crippen LogP contribution in [0.4, 0.5) is 0 Å². The predicted molar refractivity (Wildman–Crippen MR) is 41.7 cm³/mol. The van der Waals surface area contributed by atoms with E-state index < -0.39 is 0 Å². The van der Waals surface area contributed by atoms with Crippen LogP contribution in [0.5, 0.6) is 0 Å². The third-order valence-electron chi connectivity index (χ3n) is 1.31. The van der Waals surface area contributed by atoms with Crippen LogP contribution in [0.15, 0.2) is 12.2 Å². The number of hydrogen-bond acceptors (Lipinski definition) is 2. The number of rotatable bonds is 4. The van der Waals surface area contributed by atoms with Crippen molar-refractivity contribution in [2.45, 2.75) is 26.4 Å². The van der Waals surface area contributed by atoms with E-state index in [0.29, 0.717) is 6.42 Å². The van der Waals surface area contributed by atoms with Gasteiger partial charge < -0.3 is 10.2 Å². The van der Waals surface area contributed by atoms with Gasteiger partial charge in [-0.05, 0) is 12.3 Å². The number of aliphatic hydroxyl groups excluding tert-OH is 2. The molecule has 0 aliphatic carbocycles. The summed E-state index contributed by atoms with van der Waals surface area (Å²) in [5, 5.41) is 17.6. The highest BCUT2D eigenvalue weighted by Gasteiger charge is 2.02. The van der Waals surface area contributed by atoms with Crippen LogP contribution in [0.3, 0.4) is 0 Å². The zero-order valence-electron chi connectivity index (χ0n) is 6.62. The summed E-state index contributed by atoms with van der Waals surface area (Å²) in [6, 6.07) is 0. The highest BCUT2D eigenvalue weighted by molar-refractivity contribution is 4.89. The predicted octanol–water partition coefficient (Wildman–Crippen LogP) is 0.942. The molecule has 0 aromatic rings. The molecule has 1 atom stereocenters. The molecule has 0 rings (SSSR count). The summed E-state index contributed by atoms with van der Waals surface area (Å²) >= 11 is 0. The monoisotopic (exact) mass is 144 g/mol. The molecule has 0 bridgehead atoms. The third kappa shape index (κ3) is 4.53. The Morgan fingerprint density at radius 3 is 2.40 bits per heavy atom. The minimum atomic E-state index is -0.369. The number of hydrogen-bond donors (Lipinski definition) is 2. The summed E-state index contributed by atoms with van der Waals surface area (Å²) in [6.45, 7) is 4.06. The topological polar surface area (TPSA) is 40.5 Å². The van der Waals surface area contributed by atoms with Crippen molar-refractivity contribution in [3.8, 4) is 0 Å². The molecule has 2 N–H and O–H groups in total. The first kappa shape index (κ1) is 9.66. The van der Waals surface area contributed by atoms with E-state index in [-0.39, 0.29) is 18.6 Å². The molecule has 0 saturated heterocycles. The first-order chi connectivity index (χ1) is 4.68. The fourth-order valence-electron chi connectivity index (χ4n) is 0.532. The van der Waals surface area contributed by atoms with Gasteiger partial charge in [-0.25, -0.2) is 0 Å². The Labute approximate surface area is 62.2 Å². The van der Waals surface area contributed by atoms with E-state index in [1.54, 1.807) is 12.2 Å². The van der Waals surface area contributed by atoms with Crippen molar-refractivity contribution in [2.75, 3.05) is 6.61 Å². The van der Waals surface area contributed by atoms with Gasteiger partial charge in [0, 0.05) is 6.61 Å². The van der Waals surface area contributed by atoms with Crippen LogP contribution in [-0.4, -0.2) is 22.9 Å². The van der Waals surface area contributed by atoms with Gasteiger partial charge in [-0.2, -0.15) is 0 Å². The lowest BCUT2D eigenvalue weighted by atomic mass is 10.1. The van der Waals surface area contributed by atoms with Crippen molar-refractivity contribution in [1.82, 2.24) is 0 Å². The van der Waals surface area contributed by atoms with E-state index in [1.807, 2.05) is 13.8 Å². The lowest BCUT2D eigenvalue weighted by Crippen LogP contribution is -2.10. The fourth-order valence-corrected chi connectivity index (χ4v) is 0.532. The van der Waals surface area contributed by atoms with Crippen LogP contribution in [0.1, 0.15) is 20.3 Å². The van der Waals surface area contributed by atoms with E-state index in [4.69, 9.17) is 5.11 Å². The molecule has 0 fully saturated rings. The van der Waals surface area contributed by atoms with Crippen LogP contribution >= 0.6 is 0 Å². The molecular weight excluding hydrogens is 128 g/mol. The van der Waals surface area contributed by atoms with Gasteiger partial charge in [-0.15, -0.1) is 0 Å². The van der Waals surface area contributed by atoms with E-state index in [9.17, 15) is 5.11 Å². The van der Waals surface area contributed by atoms with Crippen LogP contribution < -0.4 is 0 Å². The Morgan fingerprint density at radius 2 is 2.00 bits per heavy atom. The van der Waals surface area contributed by atoms with E-state index in [0.717, 1.165) is 0 Å². The molecule has 2 nitrogen and oxygen atoms in total. The maximum absolute atomic E-state index is 9.18. The highest BCUT2D eigenvalue weighted by Crippen LogP contribution is 2.02. The summed E-state index contributed by atoms with van der Waals surface area (Å²) in [4.78, 5) is 0. The third-order valence-corrected chi connectivity index (χ3v) is 1.31. The summed E-state index contributed by atoms with van der Waals surface area (Å²) in [5.41, 5.74) is 0. The van der Waals surface area contributed by atoms with Gasteiger partial charge in [-0.1, -0.05) is 26.0 Å². The standard InChI is InChI=1S/C8H16O2/c1-7(2)8(10)5-3-4-6-9/h3,5,7-10H,4,6H2,1-2H3. The zero-order chi connectivity index (χ0) is 7.98. The van der Waals surface area contributed by atoms with Gasteiger partial charge in [0.05, 0.1) is 6.10 Å². The Bertz CT molecular complexity index is 97.4. The number of aliphatic hydroxyl groups is 2. The average Bonchev–Trinajstić information content (AvgIpc) is 1.88. The van der Waals surface area contributed by atoms with Crippen LogP contribution in [-0.2, 0) is 0 Å². The quantitative estimate of drug-likeness (QED) is 0.576. The molecule has 0 aliphatic rings. The van der Waals surface area contributed by atoms with Crippen molar-refractivity contribution < 1.29 is 10.2 Å². The molecule has 0 amide bonds. The molecule has 0 saturated carbocycles.